The summed E-state index contributed by atoms with van der Waals surface area (Å²) in [5.41, 5.74) is 0. The van der Waals surface area contributed by atoms with E-state index in [0.29, 0.717) is 17.4 Å². The van der Waals surface area contributed by atoms with Gasteiger partial charge in [0, 0.05) is 12.8 Å². The second kappa shape index (κ2) is 74.8. The number of hydrogen-bond donors (Lipinski definition) is 1. The van der Waals surface area contributed by atoms with Gasteiger partial charge in [0.15, 0.2) is 6.10 Å². The average Bonchev–Trinajstić information content (AvgIpc) is 3.74. The average molecular weight is 1310 g/mol. The summed E-state index contributed by atoms with van der Waals surface area (Å²) in [6, 6.07) is 0. The van der Waals surface area contributed by atoms with Gasteiger partial charge in [0.2, 0.25) is 0 Å². The molecule has 9 heteroatoms. The molecule has 0 radical (unpaired) electrons. The lowest BCUT2D eigenvalue weighted by atomic mass is 10.0. The maximum atomic E-state index is 13.0. The number of rotatable bonds is 76. The van der Waals surface area contributed by atoms with Gasteiger partial charge in [-0.1, -0.05) is 364 Å². The minimum Gasteiger partial charge on any atom is -0.477 e. The molecule has 0 rings (SSSR count). The van der Waals surface area contributed by atoms with E-state index in [9.17, 15) is 19.5 Å². The van der Waals surface area contributed by atoms with E-state index in [-0.39, 0.29) is 38.2 Å². The van der Waals surface area contributed by atoms with Crippen molar-refractivity contribution in [2.24, 2.45) is 0 Å². The highest BCUT2D eigenvalue weighted by Crippen LogP contribution is 2.19. The van der Waals surface area contributed by atoms with Gasteiger partial charge < -0.3 is 28.5 Å². The minimum atomic E-state index is -1.51. The van der Waals surface area contributed by atoms with Gasteiger partial charge in [0.25, 0.3) is 6.29 Å². The second-order valence-corrected chi connectivity index (χ2v) is 28.7. The van der Waals surface area contributed by atoms with Gasteiger partial charge in [-0.05, 0) is 83.5 Å². The summed E-state index contributed by atoms with van der Waals surface area (Å²) >= 11 is 0. The molecule has 0 aromatic rings. The third-order valence-electron chi connectivity index (χ3n) is 18.2. The summed E-state index contributed by atoms with van der Waals surface area (Å²) in [5, 5.41) is 9.77. The zero-order chi connectivity index (χ0) is 67.5. The van der Waals surface area contributed by atoms with E-state index in [0.717, 1.165) is 57.8 Å². The quantitative estimate of drug-likeness (QED) is 0.0211. The zero-order valence-corrected chi connectivity index (χ0v) is 62.4. The fraction of sp³-hybridized carbons (Fsp3) is 0.845. The number of carbonyl (C=O) groups is 3. The highest BCUT2D eigenvalue weighted by atomic mass is 16.7. The molecule has 0 aliphatic rings. The second-order valence-electron chi connectivity index (χ2n) is 28.7. The first-order chi connectivity index (χ1) is 45.6. The lowest BCUT2D eigenvalue weighted by Crippen LogP contribution is -2.40. The number of carboxylic acid groups (broad SMARTS) is 1. The standard InChI is InChI=1S/C84H155NO8/c1-6-8-10-12-14-16-18-20-22-24-26-28-30-32-34-36-37-38-39-40-41-42-43-44-45-47-48-50-52-54-56-58-60-62-64-66-68-70-72-74-81(86)91-78-80(79-92-84(83(88)89)90-77-76-85(3,4)5)93-82(87)75-73-71-69-67-65-63-61-59-57-55-53-51-49-46-35-33-31-29-27-25-23-21-19-17-15-13-11-9-7-2/h18-21,24-27,31,33,80,84H,6-17,22-23,28-30,32,34-79H2,1-5H3/p+1/b20-18-,21-19-,26-24-,27-25-,33-31-. The molecule has 2 atom stereocenters. The van der Waals surface area contributed by atoms with Gasteiger partial charge in [0.1, 0.15) is 13.2 Å². The van der Waals surface area contributed by atoms with E-state index in [1.165, 1.54) is 315 Å². The fourth-order valence-corrected chi connectivity index (χ4v) is 12.1. The molecule has 0 spiro atoms. The maximum Gasteiger partial charge on any atom is 0.361 e. The molecule has 2 unspecified atom stereocenters. The van der Waals surface area contributed by atoms with Crippen LogP contribution in [0.25, 0.3) is 0 Å². The Morgan fingerprint density at radius 2 is 0.581 bits per heavy atom. The Morgan fingerprint density at radius 1 is 0.323 bits per heavy atom. The molecule has 0 bridgehead atoms. The van der Waals surface area contributed by atoms with Crippen LogP contribution in [-0.2, 0) is 33.3 Å². The molecule has 0 heterocycles. The largest absolute Gasteiger partial charge is 0.477 e. The Morgan fingerprint density at radius 3 is 0.860 bits per heavy atom. The van der Waals surface area contributed by atoms with Gasteiger partial charge in [-0.15, -0.1) is 0 Å². The lowest BCUT2D eigenvalue weighted by molar-refractivity contribution is -0.870. The van der Waals surface area contributed by atoms with Gasteiger partial charge in [0.05, 0.1) is 34.4 Å². The number of ether oxygens (including phenoxy) is 4. The molecule has 1 N–H and O–H groups in total. The first-order valence-electron chi connectivity index (χ1n) is 40.5. The highest BCUT2D eigenvalue weighted by molar-refractivity contribution is 5.71. The van der Waals surface area contributed by atoms with Crippen LogP contribution < -0.4 is 0 Å². The van der Waals surface area contributed by atoms with Crippen molar-refractivity contribution in [2.45, 2.75) is 411 Å². The molecule has 0 aromatic heterocycles. The molecule has 0 fully saturated rings. The van der Waals surface area contributed by atoms with Crippen LogP contribution in [0, 0.1) is 0 Å². The molecule has 0 aliphatic carbocycles. The number of allylic oxidation sites excluding steroid dienone is 10. The third kappa shape index (κ3) is 76.2. The summed E-state index contributed by atoms with van der Waals surface area (Å²) in [5.74, 6) is -1.98. The number of unbranched alkanes of at least 4 members (excludes halogenated alkanes) is 51. The summed E-state index contributed by atoms with van der Waals surface area (Å²) < 4.78 is 23.1. The summed E-state index contributed by atoms with van der Waals surface area (Å²) in [7, 11) is 5.99. The maximum absolute atomic E-state index is 13.0. The number of carboxylic acids is 1. The molecule has 0 aromatic carbocycles. The Bertz CT molecular complexity index is 1710. The predicted molar refractivity (Wildman–Crippen MR) is 401 cm³/mol. The fourth-order valence-electron chi connectivity index (χ4n) is 12.1. The number of esters is 2. The van der Waals surface area contributed by atoms with Crippen LogP contribution in [0.15, 0.2) is 60.8 Å². The van der Waals surface area contributed by atoms with Crippen LogP contribution in [0.4, 0.5) is 0 Å². The number of nitrogens with zero attached hydrogens (tertiary/aromatic N) is 1. The van der Waals surface area contributed by atoms with Gasteiger partial charge in [-0.3, -0.25) is 9.59 Å². The third-order valence-corrected chi connectivity index (χ3v) is 18.2. The number of hydrogen-bond acceptors (Lipinski definition) is 7. The van der Waals surface area contributed by atoms with Crippen molar-refractivity contribution in [1.29, 1.82) is 0 Å². The lowest BCUT2D eigenvalue weighted by Gasteiger charge is -2.25. The molecule has 544 valence electrons. The minimum absolute atomic E-state index is 0.178. The first-order valence-corrected chi connectivity index (χ1v) is 40.5. The SMILES string of the molecule is CCCCCCC/C=C\C/C=C\C/C=C\CCCCCCCCCCCCCCCCC(=O)OC(COC(=O)CCCCCCCCCCCCCCCCCCCCCCCCCCCCC/C=C\C/C=C\CCCCCCC)COC(OCC[N+](C)(C)C)C(=O)O. The van der Waals surface area contributed by atoms with E-state index in [1.807, 2.05) is 21.1 Å². The van der Waals surface area contributed by atoms with E-state index in [1.54, 1.807) is 0 Å². The predicted octanol–water partition coefficient (Wildman–Crippen LogP) is 25.8. The Balaban J connectivity index is 3.96. The summed E-state index contributed by atoms with van der Waals surface area (Å²) in [4.78, 5) is 37.7. The summed E-state index contributed by atoms with van der Waals surface area (Å²) in [6.45, 7) is 4.92. The van der Waals surface area contributed by atoms with E-state index in [4.69, 9.17) is 18.9 Å². The van der Waals surface area contributed by atoms with Crippen LogP contribution in [0.5, 0.6) is 0 Å². The van der Waals surface area contributed by atoms with Crippen molar-refractivity contribution < 1.29 is 42.9 Å². The smallest absolute Gasteiger partial charge is 0.361 e. The van der Waals surface area contributed by atoms with Gasteiger partial charge in [-0.2, -0.15) is 0 Å². The number of carbonyl (C=O) groups excluding carboxylic acids is 2. The van der Waals surface area contributed by atoms with Gasteiger partial charge in [-0.25, -0.2) is 4.79 Å². The number of quaternary nitrogens is 1. The van der Waals surface area contributed by atoms with E-state index < -0.39 is 18.4 Å². The normalized spacial score (nSPS) is 12.9. The van der Waals surface area contributed by atoms with E-state index >= 15 is 0 Å². The van der Waals surface area contributed by atoms with Crippen molar-refractivity contribution >= 4 is 17.9 Å². The van der Waals surface area contributed by atoms with Gasteiger partial charge >= 0.3 is 17.9 Å². The molecule has 9 nitrogen and oxygen atoms in total. The highest BCUT2D eigenvalue weighted by Gasteiger charge is 2.25. The monoisotopic (exact) mass is 1310 g/mol. The Labute approximate surface area is 577 Å². The van der Waals surface area contributed by atoms with Crippen molar-refractivity contribution in [1.82, 2.24) is 0 Å². The number of likely N-dealkylation sites (N-methyl/N-ethyl adjacent to an activating group) is 1. The molecule has 93 heavy (non-hydrogen) atoms. The first kappa shape index (κ1) is 90.0. The van der Waals surface area contributed by atoms with Crippen molar-refractivity contribution in [3.8, 4) is 0 Å². The van der Waals surface area contributed by atoms with Crippen LogP contribution in [0.2, 0.25) is 0 Å². The van der Waals surface area contributed by atoms with E-state index in [2.05, 4.69) is 74.6 Å². The van der Waals surface area contributed by atoms with Crippen molar-refractivity contribution in [3.63, 3.8) is 0 Å². The Hall–Kier alpha value is -3.01. The van der Waals surface area contributed by atoms with Crippen molar-refractivity contribution in [3.05, 3.63) is 60.8 Å². The van der Waals surface area contributed by atoms with Crippen LogP contribution in [0.1, 0.15) is 399 Å². The molecule has 0 saturated carbocycles. The Kier molecular flexibility index (Phi) is 72.4. The summed E-state index contributed by atoms with van der Waals surface area (Å²) in [6.07, 6.45) is 96.7. The molecule has 0 aliphatic heterocycles. The van der Waals surface area contributed by atoms with Crippen LogP contribution in [-0.4, -0.2) is 87.4 Å². The molecule has 0 saturated heterocycles. The van der Waals surface area contributed by atoms with Crippen molar-refractivity contribution in [2.75, 3.05) is 47.5 Å². The molecule has 0 amide bonds. The zero-order valence-electron chi connectivity index (χ0n) is 62.4. The number of aliphatic carboxylic acids is 1. The van der Waals surface area contributed by atoms with Crippen LogP contribution in [0.3, 0.4) is 0 Å². The topological polar surface area (TPSA) is 108 Å². The molecular formula is C84H156NO8+. The molecular weight excluding hydrogens is 1150 g/mol. The van der Waals surface area contributed by atoms with Crippen LogP contribution >= 0.6 is 0 Å².